The number of hydrogen-bond acceptors (Lipinski definition) is 3. The highest BCUT2D eigenvalue weighted by molar-refractivity contribution is 6.70. The molecule has 0 aromatic heterocycles. The standard InChI is InChI=1S/C16H26O3Si/c1-10-15-9-12-8-13(19-20(3,4)5)6-7-14(12)16(10)18-11(2)17-15/h8-11,14-16H,6-7H2,1-5H3. The van der Waals surface area contributed by atoms with E-state index in [2.05, 4.69) is 38.7 Å². The molecule has 3 aliphatic rings. The maximum atomic E-state index is 6.18. The Morgan fingerprint density at radius 3 is 2.65 bits per heavy atom. The van der Waals surface area contributed by atoms with Gasteiger partial charge in [0.25, 0.3) is 0 Å². The molecule has 5 atom stereocenters. The lowest BCUT2D eigenvalue weighted by atomic mass is 9.72. The Kier molecular flexibility index (Phi) is 3.59. The van der Waals surface area contributed by atoms with Crippen LogP contribution < -0.4 is 0 Å². The van der Waals surface area contributed by atoms with Crippen LogP contribution in [-0.2, 0) is 13.9 Å². The average molecular weight is 294 g/mol. The normalized spacial score (nSPS) is 40.5. The number of fused-ring (bicyclic) bond motifs is 4. The third kappa shape index (κ3) is 2.74. The van der Waals surface area contributed by atoms with Crippen molar-refractivity contribution in [2.24, 2.45) is 11.8 Å². The van der Waals surface area contributed by atoms with Crippen molar-refractivity contribution >= 4 is 8.32 Å². The third-order valence-corrected chi connectivity index (χ3v) is 5.26. The fourth-order valence-electron chi connectivity index (χ4n) is 3.58. The van der Waals surface area contributed by atoms with E-state index in [4.69, 9.17) is 13.9 Å². The Labute approximate surface area is 123 Å². The molecule has 0 aromatic carbocycles. The summed E-state index contributed by atoms with van der Waals surface area (Å²) in [7, 11) is -1.51. The molecular weight excluding hydrogens is 268 g/mol. The minimum Gasteiger partial charge on any atom is -0.547 e. The summed E-state index contributed by atoms with van der Waals surface area (Å²) in [6.07, 6.45) is 7.14. The predicted molar refractivity (Wildman–Crippen MR) is 81.7 cm³/mol. The molecule has 4 heteroatoms. The van der Waals surface area contributed by atoms with Crippen molar-refractivity contribution in [2.75, 3.05) is 0 Å². The molecule has 3 nitrogen and oxygen atoms in total. The van der Waals surface area contributed by atoms with Gasteiger partial charge in [-0.3, -0.25) is 0 Å². The highest BCUT2D eigenvalue weighted by atomic mass is 28.4. The molecule has 112 valence electrons. The summed E-state index contributed by atoms with van der Waals surface area (Å²) in [6.45, 7) is 11.0. The van der Waals surface area contributed by atoms with E-state index in [9.17, 15) is 0 Å². The van der Waals surface area contributed by atoms with Gasteiger partial charge in [-0.2, -0.15) is 0 Å². The van der Waals surface area contributed by atoms with Crippen molar-refractivity contribution < 1.29 is 13.9 Å². The van der Waals surface area contributed by atoms with Crippen molar-refractivity contribution in [1.82, 2.24) is 0 Å². The number of ether oxygens (including phenoxy) is 2. The van der Waals surface area contributed by atoms with E-state index in [-0.39, 0.29) is 12.4 Å². The number of hydrogen-bond donors (Lipinski definition) is 0. The van der Waals surface area contributed by atoms with Crippen LogP contribution in [-0.4, -0.2) is 26.8 Å². The monoisotopic (exact) mass is 294 g/mol. The highest BCUT2D eigenvalue weighted by Gasteiger charge is 2.44. The van der Waals surface area contributed by atoms with E-state index in [1.54, 1.807) is 0 Å². The molecule has 1 heterocycles. The summed E-state index contributed by atoms with van der Waals surface area (Å²) >= 11 is 0. The molecule has 0 radical (unpaired) electrons. The van der Waals surface area contributed by atoms with Gasteiger partial charge in [0, 0.05) is 18.3 Å². The zero-order valence-corrected chi connectivity index (χ0v) is 14.2. The largest absolute Gasteiger partial charge is 0.547 e. The molecular formula is C16H26O3Si. The lowest BCUT2D eigenvalue weighted by Crippen LogP contribution is -2.50. The molecule has 0 N–H and O–H groups in total. The van der Waals surface area contributed by atoms with Gasteiger partial charge in [-0.05, 0) is 44.6 Å². The molecule has 2 bridgehead atoms. The third-order valence-electron chi connectivity index (χ3n) is 4.38. The molecule has 20 heavy (non-hydrogen) atoms. The van der Waals surface area contributed by atoms with Gasteiger partial charge >= 0.3 is 0 Å². The predicted octanol–water partition coefficient (Wildman–Crippen LogP) is 3.84. The first kappa shape index (κ1) is 14.4. The van der Waals surface area contributed by atoms with Crippen molar-refractivity contribution in [3.05, 3.63) is 23.5 Å². The summed E-state index contributed by atoms with van der Waals surface area (Å²) < 4.78 is 18.1. The van der Waals surface area contributed by atoms with Crippen LogP contribution in [0.3, 0.4) is 0 Å². The molecule has 5 unspecified atom stereocenters. The van der Waals surface area contributed by atoms with Crippen LogP contribution in [0, 0.1) is 11.8 Å². The van der Waals surface area contributed by atoms with Gasteiger partial charge in [0.1, 0.15) is 0 Å². The van der Waals surface area contributed by atoms with Crippen molar-refractivity contribution in [3.8, 4) is 0 Å². The van der Waals surface area contributed by atoms with Gasteiger partial charge in [0.2, 0.25) is 8.32 Å². The van der Waals surface area contributed by atoms with E-state index in [0.29, 0.717) is 17.9 Å². The Bertz CT molecular complexity index is 449. The lowest BCUT2D eigenvalue weighted by molar-refractivity contribution is -0.260. The smallest absolute Gasteiger partial charge is 0.241 e. The molecule has 1 aliphatic heterocycles. The van der Waals surface area contributed by atoms with Crippen molar-refractivity contribution in [3.63, 3.8) is 0 Å². The van der Waals surface area contributed by atoms with Crippen molar-refractivity contribution in [2.45, 2.75) is 64.8 Å². The van der Waals surface area contributed by atoms with E-state index in [0.717, 1.165) is 18.6 Å². The Morgan fingerprint density at radius 2 is 1.95 bits per heavy atom. The van der Waals surface area contributed by atoms with Crippen LogP contribution in [0.4, 0.5) is 0 Å². The first-order valence-electron chi connectivity index (χ1n) is 7.76. The Morgan fingerprint density at radius 1 is 1.20 bits per heavy atom. The summed E-state index contributed by atoms with van der Waals surface area (Å²) in [6, 6.07) is 0. The van der Waals surface area contributed by atoms with Gasteiger partial charge in [-0.1, -0.05) is 13.0 Å². The minimum atomic E-state index is -1.51. The summed E-state index contributed by atoms with van der Waals surface area (Å²) in [5.74, 6) is 2.13. The quantitative estimate of drug-likeness (QED) is 0.724. The van der Waals surface area contributed by atoms with E-state index < -0.39 is 8.32 Å². The van der Waals surface area contributed by atoms with E-state index in [1.807, 2.05) is 6.92 Å². The fourth-order valence-corrected chi connectivity index (χ4v) is 4.53. The second-order valence-electron chi connectivity index (χ2n) is 7.27. The van der Waals surface area contributed by atoms with Crippen molar-refractivity contribution in [1.29, 1.82) is 0 Å². The van der Waals surface area contributed by atoms with Gasteiger partial charge in [0.05, 0.1) is 18.0 Å². The topological polar surface area (TPSA) is 27.7 Å². The van der Waals surface area contributed by atoms with Crippen LogP contribution in [0.5, 0.6) is 0 Å². The SMILES string of the molecule is CC1OC2C=C3C=C(O[Si](C)(C)C)CCC3C(O1)C2C. The second kappa shape index (κ2) is 5.00. The Balaban J connectivity index is 1.86. The fraction of sp³-hybridized carbons (Fsp3) is 0.750. The first-order chi connectivity index (χ1) is 9.33. The summed E-state index contributed by atoms with van der Waals surface area (Å²) in [5, 5.41) is 0. The summed E-state index contributed by atoms with van der Waals surface area (Å²) in [4.78, 5) is 0. The maximum Gasteiger partial charge on any atom is 0.241 e. The van der Waals surface area contributed by atoms with E-state index >= 15 is 0 Å². The van der Waals surface area contributed by atoms with Gasteiger partial charge in [-0.25, -0.2) is 0 Å². The summed E-state index contributed by atoms with van der Waals surface area (Å²) in [5.41, 5.74) is 1.37. The Hall–Kier alpha value is -0.583. The van der Waals surface area contributed by atoms with Gasteiger partial charge < -0.3 is 13.9 Å². The first-order valence-corrected chi connectivity index (χ1v) is 11.2. The van der Waals surface area contributed by atoms with Crippen LogP contribution in [0.25, 0.3) is 0 Å². The second-order valence-corrected chi connectivity index (χ2v) is 11.7. The molecule has 0 aromatic rings. The zero-order chi connectivity index (χ0) is 14.5. The number of rotatable bonds is 2. The number of allylic oxidation sites excluding steroid dienone is 2. The van der Waals surface area contributed by atoms with Crippen LogP contribution in [0.15, 0.2) is 23.5 Å². The van der Waals surface area contributed by atoms with Crippen LogP contribution in [0.1, 0.15) is 26.7 Å². The van der Waals surface area contributed by atoms with Crippen LogP contribution >= 0.6 is 0 Å². The lowest BCUT2D eigenvalue weighted by Gasteiger charge is -2.47. The van der Waals surface area contributed by atoms with Gasteiger partial charge in [-0.15, -0.1) is 0 Å². The molecule has 1 fully saturated rings. The molecule has 3 rings (SSSR count). The van der Waals surface area contributed by atoms with Crippen LogP contribution in [0.2, 0.25) is 19.6 Å². The average Bonchev–Trinajstić information content (AvgIpc) is 2.30. The molecule has 0 saturated carbocycles. The highest BCUT2D eigenvalue weighted by Crippen LogP contribution is 2.44. The molecule has 1 saturated heterocycles. The minimum absolute atomic E-state index is 0.0809. The maximum absolute atomic E-state index is 6.18. The molecule has 0 spiro atoms. The zero-order valence-electron chi connectivity index (χ0n) is 13.2. The van der Waals surface area contributed by atoms with Gasteiger partial charge in [0.15, 0.2) is 6.29 Å². The molecule has 0 amide bonds. The van der Waals surface area contributed by atoms with E-state index in [1.165, 1.54) is 5.57 Å². The molecule has 2 aliphatic carbocycles.